The Labute approximate surface area is 82.8 Å². The Hall–Kier alpha value is -1.90. The molecule has 0 amide bonds. The van der Waals surface area contributed by atoms with Crippen LogP contribution in [-0.2, 0) is 0 Å². The number of aromatic nitrogens is 2. The minimum absolute atomic E-state index is 1.09. The predicted molar refractivity (Wildman–Crippen MR) is 57.0 cm³/mol. The Kier molecular flexibility index (Phi) is 2.40. The van der Waals surface area contributed by atoms with Gasteiger partial charge in [-0.1, -0.05) is 12.1 Å². The summed E-state index contributed by atoms with van der Waals surface area (Å²) in [5.74, 6) is 0. The van der Waals surface area contributed by atoms with Gasteiger partial charge in [-0.05, 0) is 23.8 Å². The van der Waals surface area contributed by atoms with E-state index in [-0.39, 0.29) is 0 Å². The first kappa shape index (κ1) is 8.69. The molecule has 0 bridgehead atoms. The molecule has 0 fully saturated rings. The SMILES string of the molecule is CNc1ccc(-c2ccnnc2)cc1. The lowest BCUT2D eigenvalue weighted by Crippen LogP contribution is -1.87. The van der Waals surface area contributed by atoms with Crippen LogP contribution in [0.15, 0.2) is 42.7 Å². The molecule has 70 valence electrons. The zero-order valence-corrected chi connectivity index (χ0v) is 7.94. The summed E-state index contributed by atoms with van der Waals surface area (Å²) in [5.41, 5.74) is 3.34. The summed E-state index contributed by atoms with van der Waals surface area (Å²) >= 11 is 0. The average Bonchev–Trinajstić information content (AvgIpc) is 2.30. The Morgan fingerprint density at radius 1 is 0.929 bits per heavy atom. The van der Waals surface area contributed by atoms with E-state index in [0.717, 1.165) is 16.8 Å². The van der Waals surface area contributed by atoms with Crippen molar-refractivity contribution in [3.63, 3.8) is 0 Å². The van der Waals surface area contributed by atoms with Crippen molar-refractivity contribution in [3.8, 4) is 11.1 Å². The Morgan fingerprint density at radius 2 is 1.71 bits per heavy atom. The fraction of sp³-hybridized carbons (Fsp3) is 0.0909. The van der Waals surface area contributed by atoms with Crippen molar-refractivity contribution in [2.24, 2.45) is 0 Å². The summed E-state index contributed by atoms with van der Waals surface area (Å²) in [6.07, 6.45) is 3.45. The molecule has 3 nitrogen and oxygen atoms in total. The van der Waals surface area contributed by atoms with Gasteiger partial charge in [0, 0.05) is 18.3 Å². The molecule has 1 aromatic carbocycles. The van der Waals surface area contributed by atoms with Crippen LogP contribution in [0.5, 0.6) is 0 Å². The molecule has 0 aliphatic carbocycles. The van der Waals surface area contributed by atoms with Gasteiger partial charge in [0.1, 0.15) is 0 Å². The highest BCUT2D eigenvalue weighted by Crippen LogP contribution is 2.19. The zero-order valence-electron chi connectivity index (χ0n) is 7.94. The van der Waals surface area contributed by atoms with E-state index in [0.29, 0.717) is 0 Å². The third-order valence-electron chi connectivity index (χ3n) is 2.09. The smallest absolute Gasteiger partial charge is 0.0574 e. The molecule has 0 radical (unpaired) electrons. The summed E-state index contributed by atoms with van der Waals surface area (Å²) in [4.78, 5) is 0. The maximum atomic E-state index is 3.84. The molecular formula is C11H11N3. The van der Waals surface area contributed by atoms with Gasteiger partial charge in [-0.15, -0.1) is 0 Å². The van der Waals surface area contributed by atoms with Crippen LogP contribution in [0.2, 0.25) is 0 Å². The van der Waals surface area contributed by atoms with Crippen molar-refractivity contribution >= 4 is 5.69 Å². The summed E-state index contributed by atoms with van der Waals surface area (Å²) in [7, 11) is 1.91. The highest BCUT2D eigenvalue weighted by atomic mass is 15.1. The maximum absolute atomic E-state index is 3.84. The van der Waals surface area contributed by atoms with E-state index in [1.165, 1.54) is 0 Å². The van der Waals surface area contributed by atoms with E-state index in [2.05, 4.69) is 27.6 Å². The normalized spacial score (nSPS) is 9.79. The molecular weight excluding hydrogens is 174 g/mol. The Morgan fingerprint density at radius 3 is 2.29 bits per heavy atom. The number of hydrogen-bond donors (Lipinski definition) is 1. The molecule has 0 spiro atoms. The summed E-state index contributed by atoms with van der Waals surface area (Å²) in [5, 5.41) is 10.7. The molecule has 0 aliphatic rings. The molecule has 0 atom stereocenters. The Balaban J connectivity index is 2.34. The third kappa shape index (κ3) is 1.71. The molecule has 0 aliphatic heterocycles. The molecule has 14 heavy (non-hydrogen) atoms. The highest BCUT2D eigenvalue weighted by molar-refractivity contribution is 5.64. The number of hydrogen-bond acceptors (Lipinski definition) is 3. The van der Waals surface area contributed by atoms with Gasteiger partial charge in [-0.2, -0.15) is 10.2 Å². The van der Waals surface area contributed by atoms with Crippen molar-refractivity contribution in [3.05, 3.63) is 42.7 Å². The fourth-order valence-corrected chi connectivity index (χ4v) is 1.29. The van der Waals surface area contributed by atoms with Crippen LogP contribution in [0.3, 0.4) is 0 Å². The molecule has 1 aromatic heterocycles. The fourth-order valence-electron chi connectivity index (χ4n) is 1.29. The number of rotatable bonds is 2. The lowest BCUT2D eigenvalue weighted by molar-refractivity contribution is 1.03. The first-order chi connectivity index (χ1) is 6.90. The second-order valence-electron chi connectivity index (χ2n) is 2.96. The predicted octanol–water partition coefficient (Wildman–Crippen LogP) is 2.19. The van der Waals surface area contributed by atoms with Crippen molar-refractivity contribution in [1.82, 2.24) is 10.2 Å². The van der Waals surface area contributed by atoms with Gasteiger partial charge < -0.3 is 5.32 Å². The van der Waals surface area contributed by atoms with Crippen LogP contribution in [-0.4, -0.2) is 17.2 Å². The molecule has 3 heteroatoms. The van der Waals surface area contributed by atoms with E-state index in [1.54, 1.807) is 12.4 Å². The van der Waals surface area contributed by atoms with Crippen molar-refractivity contribution in [2.45, 2.75) is 0 Å². The minimum Gasteiger partial charge on any atom is -0.388 e. The van der Waals surface area contributed by atoms with Crippen LogP contribution in [0, 0.1) is 0 Å². The van der Waals surface area contributed by atoms with Gasteiger partial charge in [0.25, 0.3) is 0 Å². The number of anilines is 1. The van der Waals surface area contributed by atoms with Gasteiger partial charge in [0.15, 0.2) is 0 Å². The molecule has 1 heterocycles. The van der Waals surface area contributed by atoms with Gasteiger partial charge in [0.05, 0.1) is 12.4 Å². The second kappa shape index (κ2) is 3.87. The van der Waals surface area contributed by atoms with Crippen molar-refractivity contribution in [2.75, 3.05) is 12.4 Å². The van der Waals surface area contributed by atoms with E-state index in [1.807, 2.05) is 25.2 Å². The van der Waals surface area contributed by atoms with E-state index in [9.17, 15) is 0 Å². The summed E-state index contributed by atoms with van der Waals surface area (Å²) in [6, 6.07) is 10.1. The monoisotopic (exact) mass is 185 g/mol. The summed E-state index contributed by atoms with van der Waals surface area (Å²) < 4.78 is 0. The molecule has 2 aromatic rings. The van der Waals surface area contributed by atoms with Gasteiger partial charge in [-0.3, -0.25) is 0 Å². The van der Waals surface area contributed by atoms with Gasteiger partial charge in [-0.25, -0.2) is 0 Å². The van der Waals surface area contributed by atoms with E-state index in [4.69, 9.17) is 0 Å². The molecule has 0 unspecified atom stereocenters. The molecule has 0 saturated heterocycles. The number of benzene rings is 1. The first-order valence-electron chi connectivity index (χ1n) is 4.45. The van der Waals surface area contributed by atoms with Crippen LogP contribution >= 0.6 is 0 Å². The second-order valence-corrected chi connectivity index (χ2v) is 2.96. The number of nitrogens with one attached hydrogen (secondary N) is 1. The highest BCUT2D eigenvalue weighted by Gasteiger charge is 1.96. The van der Waals surface area contributed by atoms with Crippen molar-refractivity contribution < 1.29 is 0 Å². The van der Waals surface area contributed by atoms with Crippen molar-refractivity contribution in [1.29, 1.82) is 0 Å². The third-order valence-corrected chi connectivity index (χ3v) is 2.09. The largest absolute Gasteiger partial charge is 0.388 e. The lowest BCUT2D eigenvalue weighted by atomic mass is 10.1. The number of nitrogens with zero attached hydrogens (tertiary/aromatic N) is 2. The van der Waals surface area contributed by atoms with Crippen LogP contribution in [0.25, 0.3) is 11.1 Å². The summed E-state index contributed by atoms with van der Waals surface area (Å²) in [6.45, 7) is 0. The lowest BCUT2D eigenvalue weighted by Gasteiger charge is -2.02. The van der Waals surface area contributed by atoms with Gasteiger partial charge >= 0.3 is 0 Å². The van der Waals surface area contributed by atoms with E-state index < -0.39 is 0 Å². The molecule has 2 rings (SSSR count). The minimum atomic E-state index is 1.09. The first-order valence-corrected chi connectivity index (χ1v) is 4.45. The molecule has 1 N–H and O–H groups in total. The van der Waals surface area contributed by atoms with Crippen LogP contribution in [0.1, 0.15) is 0 Å². The van der Waals surface area contributed by atoms with Crippen LogP contribution < -0.4 is 5.32 Å². The van der Waals surface area contributed by atoms with Gasteiger partial charge in [0.2, 0.25) is 0 Å². The maximum Gasteiger partial charge on any atom is 0.0574 e. The quantitative estimate of drug-likeness (QED) is 0.779. The van der Waals surface area contributed by atoms with Crippen LogP contribution in [0.4, 0.5) is 5.69 Å². The zero-order chi connectivity index (χ0) is 9.80. The standard InChI is InChI=1S/C11H11N3/c1-12-11-4-2-9(3-5-11)10-6-7-13-14-8-10/h2-8,12H,1H3. The topological polar surface area (TPSA) is 37.8 Å². The Bertz CT molecular complexity index is 395. The van der Waals surface area contributed by atoms with E-state index >= 15 is 0 Å². The molecule has 0 saturated carbocycles. The average molecular weight is 185 g/mol.